The highest BCUT2D eigenvalue weighted by molar-refractivity contribution is 5.94. The van der Waals surface area contributed by atoms with E-state index in [1.807, 2.05) is 54.4 Å². The predicted molar refractivity (Wildman–Crippen MR) is 97.9 cm³/mol. The van der Waals surface area contributed by atoms with Gasteiger partial charge in [0.2, 0.25) is 5.91 Å². The number of nitrogens with zero attached hydrogens (tertiary/aromatic N) is 1. The molecule has 2 aromatic rings. The van der Waals surface area contributed by atoms with Crippen molar-refractivity contribution in [2.24, 2.45) is 5.92 Å². The average Bonchev–Trinajstić information content (AvgIpc) is 3.07. The van der Waals surface area contributed by atoms with Gasteiger partial charge in [0, 0.05) is 12.1 Å². The fourth-order valence-corrected chi connectivity index (χ4v) is 3.31. The minimum atomic E-state index is -0.635. The molecule has 4 N–H and O–H groups in total. The standard InChI is InChI=1S/C19H21N5O2/c1-12-7-9-13(10-8-12)17(25)22-19-21-16-15(18(26)23-19)11-20-24(16)14-5-3-2-4-6-14/h2-10,15-16,19-21H,11H2,1H3,(H,22,25)(H,23,26). The van der Waals surface area contributed by atoms with E-state index in [0.717, 1.165) is 11.3 Å². The Morgan fingerprint density at radius 2 is 1.85 bits per heavy atom. The Labute approximate surface area is 151 Å². The van der Waals surface area contributed by atoms with Crippen LogP contribution in [0.5, 0.6) is 0 Å². The van der Waals surface area contributed by atoms with Gasteiger partial charge in [-0.05, 0) is 31.2 Å². The van der Waals surface area contributed by atoms with Crippen LogP contribution in [-0.2, 0) is 4.79 Å². The summed E-state index contributed by atoms with van der Waals surface area (Å²) in [5.74, 6) is -0.560. The molecule has 4 rings (SSSR count). The van der Waals surface area contributed by atoms with E-state index in [9.17, 15) is 9.59 Å². The van der Waals surface area contributed by atoms with E-state index >= 15 is 0 Å². The van der Waals surface area contributed by atoms with Gasteiger partial charge in [0.25, 0.3) is 5.91 Å². The van der Waals surface area contributed by atoms with Crippen molar-refractivity contribution in [2.45, 2.75) is 19.4 Å². The summed E-state index contributed by atoms with van der Waals surface area (Å²) >= 11 is 0. The highest BCUT2D eigenvalue weighted by Gasteiger charge is 2.44. The lowest BCUT2D eigenvalue weighted by Crippen LogP contribution is -2.69. The first-order valence-electron chi connectivity index (χ1n) is 8.63. The summed E-state index contributed by atoms with van der Waals surface area (Å²) in [6, 6.07) is 17.1. The summed E-state index contributed by atoms with van der Waals surface area (Å²) < 4.78 is 0. The first-order valence-corrected chi connectivity index (χ1v) is 8.63. The van der Waals surface area contributed by atoms with Crippen LogP contribution in [0.2, 0.25) is 0 Å². The number of para-hydroxylation sites is 1. The average molecular weight is 351 g/mol. The molecule has 134 valence electrons. The molecule has 2 saturated heterocycles. The molecule has 2 aliphatic heterocycles. The molecule has 0 aromatic heterocycles. The number of benzene rings is 2. The van der Waals surface area contributed by atoms with Gasteiger partial charge >= 0.3 is 0 Å². The van der Waals surface area contributed by atoms with E-state index in [2.05, 4.69) is 21.4 Å². The summed E-state index contributed by atoms with van der Waals surface area (Å²) in [4.78, 5) is 24.9. The Morgan fingerprint density at radius 1 is 1.12 bits per heavy atom. The molecule has 3 unspecified atom stereocenters. The number of hydrazine groups is 1. The Bertz CT molecular complexity index is 808. The quantitative estimate of drug-likeness (QED) is 0.654. The van der Waals surface area contributed by atoms with Crippen molar-refractivity contribution in [1.82, 2.24) is 21.4 Å². The molecule has 7 heteroatoms. The van der Waals surface area contributed by atoms with Crippen molar-refractivity contribution in [3.8, 4) is 0 Å². The van der Waals surface area contributed by atoms with Gasteiger partial charge in [-0.2, -0.15) is 0 Å². The van der Waals surface area contributed by atoms with Gasteiger partial charge in [0.05, 0.1) is 11.6 Å². The third-order valence-electron chi connectivity index (χ3n) is 4.73. The molecule has 0 radical (unpaired) electrons. The van der Waals surface area contributed by atoms with Crippen molar-refractivity contribution >= 4 is 17.5 Å². The topological polar surface area (TPSA) is 85.5 Å². The monoisotopic (exact) mass is 351 g/mol. The van der Waals surface area contributed by atoms with Gasteiger partial charge in [0.15, 0.2) is 6.29 Å². The second-order valence-electron chi connectivity index (χ2n) is 6.57. The van der Waals surface area contributed by atoms with E-state index in [0.29, 0.717) is 12.1 Å². The van der Waals surface area contributed by atoms with Crippen LogP contribution in [0.25, 0.3) is 0 Å². The van der Waals surface area contributed by atoms with Crippen molar-refractivity contribution in [3.63, 3.8) is 0 Å². The largest absolute Gasteiger partial charge is 0.323 e. The zero-order valence-corrected chi connectivity index (χ0v) is 14.4. The van der Waals surface area contributed by atoms with Crippen molar-refractivity contribution in [1.29, 1.82) is 0 Å². The lowest BCUT2D eigenvalue weighted by molar-refractivity contribution is -0.128. The summed E-state index contributed by atoms with van der Waals surface area (Å²) in [7, 11) is 0. The van der Waals surface area contributed by atoms with E-state index in [-0.39, 0.29) is 23.9 Å². The van der Waals surface area contributed by atoms with Crippen LogP contribution >= 0.6 is 0 Å². The molecular weight excluding hydrogens is 330 g/mol. The molecule has 2 fully saturated rings. The second kappa shape index (κ2) is 6.78. The fraction of sp³-hybridized carbons (Fsp3) is 0.263. The van der Waals surface area contributed by atoms with Crippen LogP contribution in [0, 0.1) is 12.8 Å². The summed E-state index contributed by atoms with van der Waals surface area (Å²) in [5, 5.41) is 10.9. The maximum Gasteiger partial charge on any atom is 0.253 e. The summed E-state index contributed by atoms with van der Waals surface area (Å²) in [5.41, 5.74) is 5.86. The molecule has 2 heterocycles. The van der Waals surface area contributed by atoms with Crippen LogP contribution in [0.3, 0.4) is 0 Å². The number of carbonyl (C=O) groups is 2. The zero-order valence-electron chi connectivity index (χ0n) is 14.4. The molecule has 0 bridgehead atoms. The minimum absolute atomic E-state index is 0.0890. The number of hydrogen-bond acceptors (Lipinski definition) is 5. The second-order valence-corrected chi connectivity index (χ2v) is 6.57. The Hall–Kier alpha value is -2.90. The molecule has 0 saturated carbocycles. The number of amides is 2. The van der Waals surface area contributed by atoms with E-state index in [4.69, 9.17) is 0 Å². The summed E-state index contributed by atoms with van der Waals surface area (Å²) in [6.45, 7) is 2.51. The Kier molecular flexibility index (Phi) is 4.32. The first-order chi connectivity index (χ1) is 12.6. The smallest absolute Gasteiger partial charge is 0.253 e. The maximum absolute atomic E-state index is 12.5. The van der Waals surface area contributed by atoms with Gasteiger partial charge in [-0.1, -0.05) is 35.9 Å². The predicted octanol–water partition coefficient (Wildman–Crippen LogP) is 0.695. The van der Waals surface area contributed by atoms with E-state index in [1.165, 1.54) is 0 Å². The fourth-order valence-electron chi connectivity index (χ4n) is 3.31. The molecule has 26 heavy (non-hydrogen) atoms. The number of fused-ring (bicyclic) bond motifs is 1. The van der Waals surface area contributed by atoms with Gasteiger partial charge in [-0.3, -0.25) is 19.9 Å². The zero-order chi connectivity index (χ0) is 18.1. The molecule has 0 spiro atoms. The van der Waals surface area contributed by atoms with Crippen molar-refractivity contribution < 1.29 is 9.59 Å². The highest BCUT2D eigenvalue weighted by atomic mass is 16.2. The van der Waals surface area contributed by atoms with Gasteiger partial charge in [0.1, 0.15) is 6.17 Å². The Balaban J connectivity index is 1.48. The van der Waals surface area contributed by atoms with Gasteiger partial charge < -0.3 is 10.6 Å². The Morgan fingerprint density at radius 3 is 2.58 bits per heavy atom. The molecule has 2 aliphatic rings. The van der Waals surface area contributed by atoms with E-state index < -0.39 is 6.29 Å². The van der Waals surface area contributed by atoms with Crippen molar-refractivity contribution in [2.75, 3.05) is 11.6 Å². The SMILES string of the molecule is Cc1ccc(C(=O)NC2NC(=O)C3CNN(c4ccccc4)C3N2)cc1. The summed E-state index contributed by atoms with van der Waals surface area (Å²) in [6.07, 6.45) is -0.877. The molecule has 0 aliphatic carbocycles. The number of anilines is 1. The number of rotatable bonds is 3. The molecule has 2 amide bonds. The third-order valence-corrected chi connectivity index (χ3v) is 4.73. The number of hydrogen-bond donors (Lipinski definition) is 4. The molecule has 2 aromatic carbocycles. The number of nitrogens with one attached hydrogen (secondary N) is 4. The van der Waals surface area contributed by atoms with Gasteiger partial charge in [-0.25, -0.2) is 5.43 Å². The van der Waals surface area contributed by atoms with E-state index in [1.54, 1.807) is 12.1 Å². The first kappa shape index (κ1) is 16.6. The number of aryl methyl sites for hydroxylation is 1. The van der Waals surface area contributed by atoms with Crippen LogP contribution in [0.15, 0.2) is 54.6 Å². The lowest BCUT2D eigenvalue weighted by Gasteiger charge is -2.37. The molecule has 3 atom stereocenters. The normalized spacial score (nSPS) is 24.7. The van der Waals surface area contributed by atoms with Crippen LogP contribution in [-0.4, -0.2) is 30.8 Å². The van der Waals surface area contributed by atoms with Crippen LogP contribution < -0.4 is 26.4 Å². The number of carbonyl (C=O) groups excluding carboxylic acids is 2. The molecule has 7 nitrogen and oxygen atoms in total. The maximum atomic E-state index is 12.5. The lowest BCUT2D eigenvalue weighted by atomic mass is 10.0. The van der Waals surface area contributed by atoms with Crippen LogP contribution in [0.4, 0.5) is 5.69 Å². The third kappa shape index (κ3) is 3.14. The highest BCUT2D eigenvalue weighted by Crippen LogP contribution is 2.24. The molecular formula is C19H21N5O2. The van der Waals surface area contributed by atoms with Crippen LogP contribution in [0.1, 0.15) is 15.9 Å². The van der Waals surface area contributed by atoms with Gasteiger partial charge in [-0.15, -0.1) is 0 Å². The van der Waals surface area contributed by atoms with Crippen molar-refractivity contribution in [3.05, 3.63) is 65.7 Å². The minimum Gasteiger partial charge on any atom is -0.323 e.